The number of benzene rings is 1. The molecule has 1 aliphatic rings. The Morgan fingerprint density at radius 2 is 1.76 bits per heavy atom. The number of halogens is 1. The molecular formula is C11H14ClNO4. The summed E-state index contributed by atoms with van der Waals surface area (Å²) in [6.45, 7) is -0.0243. The summed E-state index contributed by atoms with van der Waals surface area (Å²) in [6.07, 6.45) is -4.22. The van der Waals surface area contributed by atoms with Crippen molar-refractivity contribution in [3.63, 3.8) is 0 Å². The maximum Gasteiger partial charge on any atom is 0.156 e. The summed E-state index contributed by atoms with van der Waals surface area (Å²) in [6, 6.07) is 6.86. The predicted octanol–water partition coefficient (Wildman–Crippen LogP) is 0.191. The molecule has 4 N–H and O–H groups in total. The van der Waals surface area contributed by atoms with E-state index in [0.717, 1.165) is 0 Å². The van der Waals surface area contributed by atoms with Crippen LogP contribution in [0, 0.1) is 0 Å². The minimum Gasteiger partial charge on any atom is -0.388 e. The summed E-state index contributed by atoms with van der Waals surface area (Å²) in [4.78, 5) is 0. The van der Waals surface area contributed by atoms with Gasteiger partial charge in [-0.1, -0.05) is 11.6 Å². The summed E-state index contributed by atoms with van der Waals surface area (Å²) in [5.41, 5.74) is 0.710. The molecule has 1 heterocycles. The fraction of sp³-hybridized carbons (Fsp3) is 0.455. The van der Waals surface area contributed by atoms with E-state index in [-0.39, 0.29) is 6.61 Å². The van der Waals surface area contributed by atoms with Gasteiger partial charge in [0.05, 0.1) is 6.61 Å². The zero-order valence-corrected chi connectivity index (χ0v) is 9.71. The standard InChI is InChI=1S/C11H14ClNO4/c12-6-1-3-7(4-2-6)13-11-10(16)9(15)8(14)5-17-11/h1-4,8-11,13-16H,5H2/t8-,9+,10+,11+/m1/s1. The van der Waals surface area contributed by atoms with Gasteiger partial charge < -0.3 is 25.4 Å². The first-order valence-electron chi connectivity index (χ1n) is 5.26. The van der Waals surface area contributed by atoms with Crippen molar-refractivity contribution in [1.29, 1.82) is 0 Å². The zero-order chi connectivity index (χ0) is 12.4. The van der Waals surface area contributed by atoms with E-state index in [1.807, 2.05) is 0 Å². The van der Waals surface area contributed by atoms with Crippen LogP contribution in [0.3, 0.4) is 0 Å². The van der Waals surface area contributed by atoms with Crippen molar-refractivity contribution in [2.75, 3.05) is 11.9 Å². The van der Waals surface area contributed by atoms with E-state index >= 15 is 0 Å². The van der Waals surface area contributed by atoms with Crippen LogP contribution < -0.4 is 5.32 Å². The molecule has 0 aromatic heterocycles. The molecule has 0 spiro atoms. The molecule has 0 radical (unpaired) electrons. The van der Waals surface area contributed by atoms with E-state index in [0.29, 0.717) is 10.7 Å². The lowest BCUT2D eigenvalue weighted by atomic mass is 10.0. The second kappa shape index (κ2) is 5.20. The van der Waals surface area contributed by atoms with E-state index in [1.54, 1.807) is 24.3 Å². The van der Waals surface area contributed by atoms with Crippen LogP contribution in [0.5, 0.6) is 0 Å². The van der Waals surface area contributed by atoms with Crippen LogP contribution in [0.25, 0.3) is 0 Å². The molecule has 1 aliphatic heterocycles. The van der Waals surface area contributed by atoms with Crippen LogP contribution in [-0.4, -0.2) is 46.5 Å². The van der Waals surface area contributed by atoms with Gasteiger partial charge in [-0.3, -0.25) is 0 Å². The molecule has 1 aromatic rings. The fourth-order valence-electron chi connectivity index (χ4n) is 1.64. The number of anilines is 1. The maximum atomic E-state index is 9.70. The molecule has 2 rings (SSSR count). The second-order valence-electron chi connectivity index (χ2n) is 3.95. The number of ether oxygens (including phenoxy) is 1. The first-order chi connectivity index (χ1) is 8.08. The highest BCUT2D eigenvalue weighted by atomic mass is 35.5. The van der Waals surface area contributed by atoms with Gasteiger partial charge in [0.1, 0.15) is 18.3 Å². The number of hydrogen-bond donors (Lipinski definition) is 4. The maximum absolute atomic E-state index is 9.70. The average molecular weight is 260 g/mol. The highest BCUT2D eigenvalue weighted by molar-refractivity contribution is 6.30. The van der Waals surface area contributed by atoms with Gasteiger partial charge >= 0.3 is 0 Å². The van der Waals surface area contributed by atoms with Crippen LogP contribution >= 0.6 is 11.6 Å². The van der Waals surface area contributed by atoms with E-state index in [1.165, 1.54) is 0 Å². The van der Waals surface area contributed by atoms with Gasteiger partial charge in [-0.2, -0.15) is 0 Å². The molecule has 0 bridgehead atoms. The van der Waals surface area contributed by atoms with Gasteiger partial charge in [-0.05, 0) is 24.3 Å². The molecule has 6 heteroatoms. The van der Waals surface area contributed by atoms with E-state index in [4.69, 9.17) is 16.3 Å². The Balaban J connectivity index is 2.01. The van der Waals surface area contributed by atoms with Crippen LogP contribution in [0.15, 0.2) is 24.3 Å². The third kappa shape index (κ3) is 2.88. The van der Waals surface area contributed by atoms with Crippen molar-refractivity contribution >= 4 is 17.3 Å². The quantitative estimate of drug-likeness (QED) is 0.610. The van der Waals surface area contributed by atoms with Crippen molar-refractivity contribution in [2.24, 2.45) is 0 Å². The van der Waals surface area contributed by atoms with Gasteiger partial charge in [0.25, 0.3) is 0 Å². The van der Waals surface area contributed by atoms with Crippen molar-refractivity contribution in [3.8, 4) is 0 Å². The SMILES string of the molecule is O[C@@H]1[C@H](O)[C@@H](Nc2ccc(Cl)cc2)OC[C@H]1O. The van der Waals surface area contributed by atoms with Gasteiger partial charge in [0.2, 0.25) is 0 Å². The van der Waals surface area contributed by atoms with Gasteiger partial charge in [-0.25, -0.2) is 0 Å². The monoisotopic (exact) mass is 259 g/mol. The third-order valence-corrected chi connectivity index (χ3v) is 2.91. The molecule has 0 amide bonds. The molecule has 4 atom stereocenters. The normalized spacial score (nSPS) is 33.4. The first-order valence-corrected chi connectivity index (χ1v) is 5.63. The summed E-state index contributed by atoms with van der Waals surface area (Å²) in [5.74, 6) is 0. The van der Waals surface area contributed by atoms with Crippen molar-refractivity contribution in [2.45, 2.75) is 24.5 Å². The number of aliphatic hydroxyl groups excluding tert-OH is 3. The van der Waals surface area contributed by atoms with Gasteiger partial charge in [-0.15, -0.1) is 0 Å². The van der Waals surface area contributed by atoms with Crippen LogP contribution in [-0.2, 0) is 4.74 Å². The number of rotatable bonds is 2. The number of aliphatic hydroxyl groups is 3. The number of nitrogens with one attached hydrogen (secondary N) is 1. The molecule has 5 nitrogen and oxygen atoms in total. The molecule has 1 fully saturated rings. The van der Waals surface area contributed by atoms with Crippen LogP contribution in [0.4, 0.5) is 5.69 Å². The molecule has 1 saturated heterocycles. The van der Waals surface area contributed by atoms with Crippen molar-refractivity contribution < 1.29 is 20.1 Å². The Hall–Kier alpha value is -0.850. The summed E-state index contributed by atoms with van der Waals surface area (Å²) >= 11 is 5.74. The molecule has 0 unspecified atom stereocenters. The molecule has 1 aromatic carbocycles. The van der Waals surface area contributed by atoms with E-state index in [2.05, 4.69) is 5.32 Å². The van der Waals surface area contributed by atoms with Crippen LogP contribution in [0.1, 0.15) is 0 Å². The Morgan fingerprint density at radius 1 is 1.12 bits per heavy atom. The fourth-order valence-corrected chi connectivity index (χ4v) is 1.77. The minimum atomic E-state index is -1.21. The minimum absolute atomic E-state index is 0.0243. The summed E-state index contributed by atoms with van der Waals surface area (Å²) < 4.78 is 5.20. The molecular weight excluding hydrogens is 246 g/mol. The molecule has 94 valence electrons. The first kappa shape index (κ1) is 12.6. The second-order valence-corrected chi connectivity index (χ2v) is 4.39. The topological polar surface area (TPSA) is 82.0 Å². The van der Waals surface area contributed by atoms with Gasteiger partial charge in [0.15, 0.2) is 6.23 Å². The van der Waals surface area contributed by atoms with Crippen molar-refractivity contribution in [3.05, 3.63) is 29.3 Å². The Bertz CT molecular complexity index is 372. The smallest absolute Gasteiger partial charge is 0.156 e. The zero-order valence-electron chi connectivity index (χ0n) is 8.95. The average Bonchev–Trinajstić information content (AvgIpc) is 2.33. The van der Waals surface area contributed by atoms with Crippen LogP contribution in [0.2, 0.25) is 5.02 Å². The lowest BCUT2D eigenvalue weighted by Gasteiger charge is -2.35. The molecule has 0 saturated carbocycles. The lowest BCUT2D eigenvalue weighted by Crippen LogP contribution is -2.55. The summed E-state index contributed by atoms with van der Waals surface area (Å²) in [7, 11) is 0. The highest BCUT2D eigenvalue weighted by Gasteiger charge is 2.37. The number of hydrogen-bond acceptors (Lipinski definition) is 5. The Kier molecular flexibility index (Phi) is 3.86. The molecule has 0 aliphatic carbocycles. The van der Waals surface area contributed by atoms with E-state index < -0.39 is 24.5 Å². The Labute approximate surface area is 104 Å². The largest absolute Gasteiger partial charge is 0.388 e. The van der Waals surface area contributed by atoms with Crippen molar-refractivity contribution in [1.82, 2.24) is 0 Å². The lowest BCUT2D eigenvalue weighted by molar-refractivity contribution is -0.178. The molecule has 17 heavy (non-hydrogen) atoms. The Morgan fingerprint density at radius 3 is 2.41 bits per heavy atom. The predicted molar refractivity (Wildman–Crippen MR) is 62.8 cm³/mol. The van der Waals surface area contributed by atoms with E-state index in [9.17, 15) is 15.3 Å². The third-order valence-electron chi connectivity index (χ3n) is 2.65. The highest BCUT2D eigenvalue weighted by Crippen LogP contribution is 2.19. The summed E-state index contributed by atoms with van der Waals surface area (Å²) in [5, 5.41) is 32.0. The van der Waals surface area contributed by atoms with Gasteiger partial charge in [0, 0.05) is 10.7 Å².